The quantitative estimate of drug-likeness (QED) is 0.626. The van der Waals surface area contributed by atoms with Crippen LogP contribution >= 0.6 is 11.8 Å². The van der Waals surface area contributed by atoms with Gasteiger partial charge in [0, 0.05) is 17.0 Å². The third-order valence-electron chi connectivity index (χ3n) is 3.81. The van der Waals surface area contributed by atoms with E-state index >= 15 is 0 Å². The molecule has 0 unspecified atom stereocenters. The Kier molecular flexibility index (Phi) is 5.58. The Morgan fingerprint density at radius 2 is 1.88 bits per heavy atom. The number of primary amides is 1. The lowest BCUT2D eigenvalue weighted by Crippen LogP contribution is -2.19. The number of rotatable bonds is 7. The fourth-order valence-corrected chi connectivity index (χ4v) is 3.44. The van der Waals surface area contributed by atoms with Crippen molar-refractivity contribution in [2.75, 3.05) is 11.1 Å². The number of carbonyl (C=O) groups is 2. The van der Waals surface area contributed by atoms with Crippen LogP contribution in [0.4, 0.5) is 5.69 Å². The van der Waals surface area contributed by atoms with E-state index in [1.54, 1.807) is 36.0 Å². The molecule has 0 aliphatic carbocycles. The van der Waals surface area contributed by atoms with Crippen LogP contribution in [0.3, 0.4) is 0 Å². The molecule has 3 aromatic rings. The van der Waals surface area contributed by atoms with Crippen LogP contribution in [-0.4, -0.2) is 27.1 Å². The number of fused-ring (bicyclic) bond motifs is 1. The number of anilines is 1. The summed E-state index contributed by atoms with van der Waals surface area (Å²) in [5.41, 5.74) is 8.06. The minimum absolute atomic E-state index is 0.154. The van der Waals surface area contributed by atoms with Crippen molar-refractivity contribution in [3.63, 3.8) is 0 Å². The summed E-state index contributed by atoms with van der Waals surface area (Å²) in [6.07, 6.45) is 1.03. The molecule has 6 nitrogen and oxygen atoms in total. The van der Waals surface area contributed by atoms with Gasteiger partial charge >= 0.3 is 0 Å². The zero-order valence-electron chi connectivity index (χ0n) is 14.4. The Morgan fingerprint density at radius 1 is 1.15 bits per heavy atom. The van der Waals surface area contributed by atoms with Crippen molar-refractivity contribution in [3.05, 3.63) is 54.1 Å². The van der Waals surface area contributed by atoms with Crippen molar-refractivity contribution >= 4 is 40.3 Å². The largest absolute Gasteiger partial charge is 0.366 e. The molecule has 0 aliphatic rings. The molecule has 1 aromatic heterocycles. The molecule has 26 heavy (non-hydrogen) atoms. The zero-order chi connectivity index (χ0) is 18.5. The smallest absolute Gasteiger partial charge is 0.248 e. The fourth-order valence-electron chi connectivity index (χ4n) is 2.57. The fraction of sp³-hybridized carbons (Fsp3) is 0.211. The van der Waals surface area contributed by atoms with Gasteiger partial charge in [-0.2, -0.15) is 0 Å². The van der Waals surface area contributed by atoms with Crippen molar-refractivity contribution in [2.24, 2.45) is 5.73 Å². The molecule has 0 radical (unpaired) electrons. The van der Waals surface area contributed by atoms with E-state index in [1.165, 1.54) is 0 Å². The van der Waals surface area contributed by atoms with Crippen LogP contribution in [0.5, 0.6) is 0 Å². The summed E-state index contributed by atoms with van der Waals surface area (Å²) < 4.78 is 1.93. The van der Waals surface area contributed by atoms with Crippen molar-refractivity contribution in [3.8, 4) is 0 Å². The van der Waals surface area contributed by atoms with Gasteiger partial charge in [-0.25, -0.2) is 4.98 Å². The highest BCUT2D eigenvalue weighted by Crippen LogP contribution is 2.24. The summed E-state index contributed by atoms with van der Waals surface area (Å²) in [6, 6.07) is 14.3. The van der Waals surface area contributed by atoms with Gasteiger partial charge in [-0.05, 0) is 42.8 Å². The number of benzene rings is 2. The number of amides is 2. The van der Waals surface area contributed by atoms with Gasteiger partial charge in [0.05, 0.1) is 11.0 Å². The maximum Gasteiger partial charge on any atom is 0.248 e. The zero-order valence-corrected chi connectivity index (χ0v) is 15.3. The number of nitrogens with zero attached hydrogens (tertiary/aromatic N) is 2. The molecule has 7 heteroatoms. The number of carbonyl (C=O) groups excluding carboxylic acids is 2. The highest BCUT2D eigenvalue weighted by molar-refractivity contribution is 7.99. The lowest BCUT2D eigenvalue weighted by Gasteiger charge is -2.10. The highest BCUT2D eigenvalue weighted by atomic mass is 32.2. The van der Waals surface area contributed by atoms with Gasteiger partial charge in [0.2, 0.25) is 11.8 Å². The first-order valence-corrected chi connectivity index (χ1v) is 9.35. The van der Waals surface area contributed by atoms with Gasteiger partial charge < -0.3 is 15.6 Å². The molecule has 2 aromatic carbocycles. The van der Waals surface area contributed by atoms with E-state index in [0.29, 0.717) is 11.3 Å². The number of aromatic nitrogens is 2. The topological polar surface area (TPSA) is 90.0 Å². The van der Waals surface area contributed by atoms with E-state index in [1.807, 2.05) is 28.8 Å². The molecule has 2 amide bonds. The monoisotopic (exact) mass is 368 g/mol. The van der Waals surface area contributed by atoms with E-state index in [9.17, 15) is 9.59 Å². The second-order valence-corrected chi connectivity index (χ2v) is 6.87. The molecule has 0 bridgehead atoms. The van der Waals surface area contributed by atoms with Crippen molar-refractivity contribution < 1.29 is 9.59 Å². The van der Waals surface area contributed by atoms with Gasteiger partial charge in [-0.1, -0.05) is 30.8 Å². The van der Waals surface area contributed by atoms with E-state index in [4.69, 9.17) is 5.73 Å². The Balaban J connectivity index is 1.78. The minimum Gasteiger partial charge on any atom is -0.366 e. The van der Waals surface area contributed by atoms with Gasteiger partial charge in [0.15, 0.2) is 5.16 Å². The van der Waals surface area contributed by atoms with E-state index < -0.39 is 5.91 Å². The van der Waals surface area contributed by atoms with Gasteiger partial charge in [-0.15, -0.1) is 0 Å². The highest BCUT2D eigenvalue weighted by Gasteiger charge is 2.14. The number of imidazole rings is 1. The first-order chi connectivity index (χ1) is 12.6. The summed E-state index contributed by atoms with van der Waals surface area (Å²) in [7, 11) is 0. The van der Waals surface area contributed by atoms with Crippen molar-refractivity contribution in [1.82, 2.24) is 9.55 Å². The summed E-state index contributed by atoms with van der Waals surface area (Å²) in [6.45, 7) is 2.28. The lowest BCUT2D eigenvalue weighted by molar-refractivity contribution is -0.116. The number of para-hydroxylation sites is 2. The maximum atomic E-state index is 12.5. The number of thioether (sulfide) groups is 1. The van der Waals surface area contributed by atoms with Crippen LogP contribution in [0.1, 0.15) is 23.7 Å². The number of hydrogen-bond donors (Lipinski definition) is 2. The molecule has 134 valence electrons. The van der Waals surface area contributed by atoms with Crippen LogP contribution < -0.4 is 11.1 Å². The molecule has 3 rings (SSSR count). The lowest BCUT2D eigenvalue weighted by atomic mass is 10.2. The molecule has 0 saturated carbocycles. The molecule has 0 saturated heterocycles. The van der Waals surface area contributed by atoms with Crippen LogP contribution in [0.25, 0.3) is 11.0 Å². The summed E-state index contributed by atoms with van der Waals surface area (Å²) in [4.78, 5) is 28.3. The molecule has 0 aliphatic heterocycles. The molecular formula is C19H20N4O2S. The number of hydrogen-bond acceptors (Lipinski definition) is 4. The molecule has 1 heterocycles. The summed E-state index contributed by atoms with van der Waals surface area (Å²) in [5.74, 6) is 0.295. The van der Waals surface area contributed by atoms with Crippen molar-refractivity contribution in [2.45, 2.75) is 25.0 Å². The van der Waals surface area contributed by atoms with Crippen LogP contribution in [0, 0.1) is 0 Å². The summed E-state index contributed by atoms with van der Waals surface area (Å²) in [5, 5.41) is 3.69. The van der Waals surface area contributed by atoms with Crippen molar-refractivity contribution in [1.29, 1.82) is 0 Å². The third kappa shape index (κ3) is 4.05. The third-order valence-corrected chi connectivity index (χ3v) is 4.99. The second-order valence-electron chi connectivity index (χ2n) is 5.81. The van der Waals surface area contributed by atoms with Crippen LogP contribution in [0.2, 0.25) is 0 Å². The standard InChI is InChI=1S/C19H20N4O2S/c1-2-11-26-19-22-15-5-3-4-6-16(15)23(19)12-17(24)21-14-9-7-13(8-10-14)18(20)25/h3-10H,2,11-12H2,1H3,(H2,20,25)(H,21,24). The molecule has 0 atom stereocenters. The van der Waals surface area contributed by atoms with Crippen LogP contribution in [-0.2, 0) is 11.3 Å². The average Bonchev–Trinajstić information content (AvgIpc) is 2.98. The van der Waals surface area contributed by atoms with E-state index in [-0.39, 0.29) is 12.5 Å². The van der Waals surface area contributed by atoms with E-state index in [2.05, 4.69) is 17.2 Å². The Morgan fingerprint density at radius 3 is 2.58 bits per heavy atom. The Bertz CT molecular complexity index is 934. The van der Waals surface area contributed by atoms with E-state index in [0.717, 1.165) is 28.4 Å². The average molecular weight is 368 g/mol. The van der Waals surface area contributed by atoms with Gasteiger partial charge in [-0.3, -0.25) is 9.59 Å². The number of nitrogens with one attached hydrogen (secondary N) is 1. The molecule has 0 spiro atoms. The van der Waals surface area contributed by atoms with Gasteiger partial charge in [0.25, 0.3) is 0 Å². The summed E-state index contributed by atoms with van der Waals surface area (Å²) >= 11 is 1.65. The predicted molar refractivity (Wildman–Crippen MR) is 104 cm³/mol. The first-order valence-electron chi connectivity index (χ1n) is 8.36. The Hall–Kier alpha value is -2.80. The molecule has 3 N–H and O–H groups in total. The first kappa shape index (κ1) is 18.0. The maximum absolute atomic E-state index is 12.5. The van der Waals surface area contributed by atoms with Crippen LogP contribution in [0.15, 0.2) is 53.7 Å². The Labute approximate surface area is 155 Å². The second kappa shape index (κ2) is 8.05. The molecular weight excluding hydrogens is 348 g/mol. The normalized spacial score (nSPS) is 10.8. The number of nitrogens with two attached hydrogens (primary N) is 1. The minimum atomic E-state index is -0.495. The SMILES string of the molecule is CCCSc1nc2ccccc2n1CC(=O)Nc1ccc(C(N)=O)cc1. The van der Waals surface area contributed by atoms with Gasteiger partial charge in [0.1, 0.15) is 6.54 Å². The molecule has 0 fully saturated rings. The predicted octanol–water partition coefficient (Wildman–Crippen LogP) is 3.28.